The van der Waals surface area contributed by atoms with Crippen LogP contribution in [0.4, 0.5) is 11.4 Å². The standard InChI is InChI=1S/C17H17N3O4/c1-19-14-9-12(4-5-15(14)24-11-17(19)23)18-16(22)6-8-20-7-2-3-13(20)10-21/h2-5,7,9-10H,6,8,11H2,1H3,(H,18,22). The fraction of sp³-hybridized carbons (Fsp3) is 0.235. The number of aryl methyl sites for hydroxylation is 1. The van der Waals surface area contributed by atoms with Gasteiger partial charge < -0.3 is 19.5 Å². The van der Waals surface area contributed by atoms with Crippen molar-refractivity contribution in [2.75, 3.05) is 23.9 Å². The number of hydrogen-bond donors (Lipinski definition) is 1. The van der Waals surface area contributed by atoms with Gasteiger partial charge in [-0.3, -0.25) is 14.4 Å². The van der Waals surface area contributed by atoms with Crippen molar-refractivity contribution < 1.29 is 19.1 Å². The fourth-order valence-corrected chi connectivity index (χ4v) is 2.53. The van der Waals surface area contributed by atoms with Crippen LogP contribution in [-0.4, -0.2) is 36.3 Å². The van der Waals surface area contributed by atoms with Crippen molar-refractivity contribution in [2.45, 2.75) is 13.0 Å². The minimum Gasteiger partial charge on any atom is -0.482 e. The largest absolute Gasteiger partial charge is 0.482 e. The van der Waals surface area contributed by atoms with Gasteiger partial charge in [-0.15, -0.1) is 0 Å². The molecule has 0 spiro atoms. The molecule has 0 bridgehead atoms. The number of hydrogen-bond acceptors (Lipinski definition) is 4. The second-order valence-corrected chi connectivity index (χ2v) is 5.47. The highest BCUT2D eigenvalue weighted by molar-refractivity contribution is 5.99. The zero-order chi connectivity index (χ0) is 17.1. The molecule has 0 saturated carbocycles. The molecule has 0 unspecified atom stereocenters. The number of carbonyl (C=O) groups excluding carboxylic acids is 3. The fourth-order valence-electron chi connectivity index (χ4n) is 2.53. The van der Waals surface area contributed by atoms with Crippen LogP contribution in [0.3, 0.4) is 0 Å². The van der Waals surface area contributed by atoms with Crippen molar-refractivity contribution in [1.82, 2.24) is 4.57 Å². The second kappa shape index (κ2) is 6.57. The lowest BCUT2D eigenvalue weighted by Gasteiger charge is -2.26. The third-order valence-corrected chi connectivity index (χ3v) is 3.89. The molecule has 2 amide bonds. The van der Waals surface area contributed by atoms with Gasteiger partial charge in [0.15, 0.2) is 12.9 Å². The lowest BCUT2D eigenvalue weighted by Crippen LogP contribution is -2.35. The summed E-state index contributed by atoms with van der Waals surface area (Å²) in [5, 5.41) is 2.79. The maximum absolute atomic E-state index is 12.1. The van der Waals surface area contributed by atoms with Gasteiger partial charge in [0.2, 0.25) is 5.91 Å². The maximum Gasteiger partial charge on any atom is 0.264 e. The van der Waals surface area contributed by atoms with Crippen molar-refractivity contribution in [3.05, 3.63) is 42.2 Å². The summed E-state index contributed by atoms with van der Waals surface area (Å²) >= 11 is 0. The Morgan fingerprint density at radius 3 is 3.00 bits per heavy atom. The number of nitrogens with one attached hydrogen (secondary N) is 1. The Kier molecular flexibility index (Phi) is 4.33. The van der Waals surface area contributed by atoms with Crippen LogP contribution < -0.4 is 15.0 Å². The number of likely N-dealkylation sites (N-methyl/N-ethyl adjacent to an activating group) is 1. The van der Waals surface area contributed by atoms with Crippen LogP contribution in [0.15, 0.2) is 36.5 Å². The first-order valence-electron chi connectivity index (χ1n) is 7.52. The molecule has 0 aliphatic carbocycles. The van der Waals surface area contributed by atoms with Gasteiger partial charge in [0.05, 0.1) is 11.4 Å². The van der Waals surface area contributed by atoms with E-state index >= 15 is 0 Å². The number of ether oxygens (including phenoxy) is 1. The number of fused-ring (bicyclic) bond motifs is 1. The molecule has 1 aromatic carbocycles. The monoisotopic (exact) mass is 327 g/mol. The van der Waals surface area contributed by atoms with E-state index in [9.17, 15) is 14.4 Å². The molecule has 0 radical (unpaired) electrons. The Hall–Kier alpha value is -3.09. The molecule has 2 aromatic rings. The summed E-state index contributed by atoms with van der Waals surface area (Å²) < 4.78 is 7.07. The topological polar surface area (TPSA) is 80.6 Å². The highest BCUT2D eigenvalue weighted by Crippen LogP contribution is 2.33. The molecule has 3 rings (SSSR count). The van der Waals surface area contributed by atoms with E-state index in [1.54, 1.807) is 48.1 Å². The lowest BCUT2D eigenvalue weighted by molar-refractivity contribution is -0.121. The van der Waals surface area contributed by atoms with E-state index in [1.807, 2.05) is 0 Å². The van der Waals surface area contributed by atoms with Crippen molar-refractivity contribution in [3.8, 4) is 5.75 Å². The molecule has 0 fully saturated rings. The number of benzene rings is 1. The Balaban J connectivity index is 1.65. The maximum atomic E-state index is 12.1. The van der Waals surface area contributed by atoms with E-state index in [2.05, 4.69) is 5.32 Å². The highest BCUT2D eigenvalue weighted by Gasteiger charge is 2.22. The summed E-state index contributed by atoms with van der Waals surface area (Å²) in [5.74, 6) is 0.296. The SMILES string of the molecule is CN1C(=O)COc2ccc(NC(=O)CCn3cccc3C=O)cc21. The summed E-state index contributed by atoms with van der Waals surface area (Å²) in [6.45, 7) is 0.435. The van der Waals surface area contributed by atoms with E-state index in [1.165, 1.54) is 4.90 Å². The number of carbonyl (C=O) groups is 3. The molecular weight excluding hydrogens is 310 g/mol. The Bertz CT molecular complexity index is 797. The predicted octanol–water partition coefficient (Wildman–Crippen LogP) is 1.68. The third-order valence-electron chi connectivity index (χ3n) is 3.89. The van der Waals surface area contributed by atoms with Gasteiger partial charge in [0.25, 0.3) is 5.91 Å². The van der Waals surface area contributed by atoms with E-state index < -0.39 is 0 Å². The average Bonchev–Trinajstić information content (AvgIpc) is 3.04. The van der Waals surface area contributed by atoms with Crippen molar-refractivity contribution >= 4 is 29.5 Å². The quantitative estimate of drug-likeness (QED) is 0.847. The van der Waals surface area contributed by atoms with E-state index in [-0.39, 0.29) is 24.8 Å². The number of rotatable bonds is 5. The van der Waals surface area contributed by atoms with Crippen LogP contribution in [0, 0.1) is 0 Å². The normalized spacial score (nSPS) is 13.2. The molecule has 1 aliphatic rings. The molecule has 7 heteroatoms. The summed E-state index contributed by atoms with van der Waals surface area (Å²) in [6, 6.07) is 8.62. The molecule has 0 saturated heterocycles. The summed E-state index contributed by atoms with van der Waals surface area (Å²) in [6.07, 6.45) is 2.75. The molecule has 1 N–H and O–H groups in total. The molecule has 2 heterocycles. The Morgan fingerprint density at radius 1 is 1.38 bits per heavy atom. The summed E-state index contributed by atoms with van der Waals surface area (Å²) in [7, 11) is 1.67. The molecular formula is C17H17N3O4. The Morgan fingerprint density at radius 2 is 2.21 bits per heavy atom. The van der Waals surface area contributed by atoms with Gasteiger partial charge in [0.1, 0.15) is 5.75 Å². The van der Waals surface area contributed by atoms with Crippen LogP contribution in [0.5, 0.6) is 5.75 Å². The number of aromatic nitrogens is 1. The second-order valence-electron chi connectivity index (χ2n) is 5.47. The number of nitrogens with zero attached hydrogens (tertiary/aromatic N) is 2. The average molecular weight is 327 g/mol. The van der Waals surface area contributed by atoms with Crippen LogP contribution >= 0.6 is 0 Å². The molecule has 124 valence electrons. The first kappa shape index (κ1) is 15.8. The van der Waals surface area contributed by atoms with Crippen LogP contribution in [-0.2, 0) is 16.1 Å². The van der Waals surface area contributed by atoms with Gasteiger partial charge in [-0.25, -0.2) is 0 Å². The highest BCUT2D eigenvalue weighted by atomic mass is 16.5. The minimum atomic E-state index is -0.175. The van der Waals surface area contributed by atoms with E-state index in [4.69, 9.17) is 4.74 Å². The zero-order valence-electron chi connectivity index (χ0n) is 13.2. The van der Waals surface area contributed by atoms with Crippen LogP contribution in [0.2, 0.25) is 0 Å². The molecule has 1 aromatic heterocycles. The van der Waals surface area contributed by atoms with E-state index in [0.29, 0.717) is 29.4 Å². The third kappa shape index (κ3) is 3.15. The van der Waals surface area contributed by atoms with Gasteiger partial charge in [0, 0.05) is 31.9 Å². The Labute approximate surface area is 138 Å². The van der Waals surface area contributed by atoms with Crippen molar-refractivity contribution in [1.29, 1.82) is 0 Å². The molecule has 7 nitrogen and oxygen atoms in total. The van der Waals surface area contributed by atoms with Gasteiger partial charge in [-0.2, -0.15) is 0 Å². The van der Waals surface area contributed by atoms with E-state index in [0.717, 1.165) is 6.29 Å². The lowest BCUT2D eigenvalue weighted by atomic mass is 10.2. The van der Waals surface area contributed by atoms with Crippen molar-refractivity contribution in [3.63, 3.8) is 0 Å². The first-order valence-corrected chi connectivity index (χ1v) is 7.52. The van der Waals surface area contributed by atoms with Gasteiger partial charge in [-0.05, 0) is 30.3 Å². The smallest absolute Gasteiger partial charge is 0.264 e. The number of aldehydes is 1. The van der Waals surface area contributed by atoms with Crippen LogP contribution in [0.1, 0.15) is 16.9 Å². The summed E-state index contributed by atoms with van der Waals surface area (Å²) in [4.78, 5) is 36.1. The number of anilines is 2. The zero-order valence-corrected chi connectivity index (χ0v) is 13.2. The predicted molar refractivity (Wildman–Crippen MR) is 88.4 cm³/mol. The number of amides is 2. The first-order chi connectivity index (χ1) is 11.6. The van der Waals surface area contributed by atoms with Gasteiger partial charge in [-0.1, -0.05) is 0 Å². The van der Waals surface area contributed by atoms with Gasteiger partial charge >= 0.3 is 0 Å². The minimum absolute atomic E-state index is 0.0190. The molecule has 0 atom stereocenters. The molecule has 24 heavy (non-hydrogen) atoms. The van der Waals surface area contributed by atoms with Crippen molar-refractivity contribution in [2.24, 2.45) is 0 Å². The molecule has 1 aliphatic heterocycles. The van der Waals surface area contributed by atoms with Crippen LogP contribution in [0.25, 0.3) is 0 Å². The summed E-state index contributed by atoms with van der Waals surface area (Å²) in [5.41, 5.74) is 1.75.